The molecule has 1 aromatic heterocycles. The predicted octanol–water partition coefficient (Wildman–Crippen LogP) is 1.28. The van der Waals surface area contributed by atoms with Crippen molar-refractivity contribution < 1.29 is 4.79 Å². The van der Waals surface area contributed by atoms with Crippen LogP contribution in [0, 0.1) is 6.92 Å². The molecule has 0 unspecified atom stereocenters. The van der Waals surface area contributed by atoms with E-state index in [-0.39, 0.29) is 5.78 Å². The average Bonchev–Trinajstić information content (AvgIpc) is 2.56. The summed E-state index contributed by atoms with van der Waals surface area (Å²) in [6, 6.07) is 6.02. The number of aromatic nitrogens is 2. The smallest absolute Gasteiger partial charge is 0.197 e. The minimum atomic E-state index is 0.0266. The molecule has 2 aromatic rings. The summed E-state index contributed by atoms with van der Waals surface area (Å²) in [6.07, 6.45) is 0. The van der Waals surface area contributed by atoms with Gasteiger partial charge in [-0.25, -0.2) is 0 Å². The molecule has 0 fully saturated rings. The second-order valence-corrected chi connectivity index (χ2v) is 3.95. The maximum Gasteiger partial charge on any atom is 0.197 e. The monoisotopic (exact) mass is 217 g/mol. The van der Waals surface area contributed by atoms with Crippen molar-refractivity contribution in [3.8, 4) is 0 Å². The van der Waals surface area contributed by atoms with E-state index in [1.807, 2.05) is 32.2 Å². The molecule has 0 radical (unpaired) electrons. The summed E-state index contributed by atoms with van der Waals surface area (Å²) in [5.41, 5.74) is 2.68. The van der Waals surface area contributed by atoms with Gasteiger partial charge in [-0.3, -0.25) is 9.48 Å². The van der Waals surface area contributed by atoms with Crippen LogP contribution in [0.3, 0.4) is 0 Å². The largest absolute Gasteiger partial charge is 0.313 e. The number of hydrogen-bond donors (Lipinski definition) is 1. The highest BCUT2D eigenvalue weighted by Gasteiger charge is 2.14. The van der Waals surface area contributed by atoms with Gasteiger partial charge in [-0.1, -0.05) is 11.6 Å². The lowest BCUT2D eigenvalue weighted by Gasteiger charge is -1.97. The van der Waals surface area contributed by atoms with Crippen LogP contribution in [0.1, 0.15) is 16.1 Å². The first-order chi connectivity index (χ1) is 7.63. The highest BCUT2D eigenvalue weighted by molar-refractivity contribution is 6.07. The zero-order valence-electron chi connectivity index (χ0n) is 9.74. The molecule has 0 aliphatic carbocycles. The maximum absolute atomic E-state index is 11.8. The third-order valence-corrected chi connectivity index (χ3v) is 2.61. The minimum absolute atomic E-state index is 0.0266. The number of benzene rings is 1. The molecule has 84 valence electrons. The van der Waals surface area contributed by atoms with Gasteiger partial charge in [-0.15, -0.1) is 0 Å². The molecule has 1 aromatic carbocycles. The van der Waals surface area contributed by atoms with E-state index in [4.69, 9.17) is 0 Å². The van der Waals surface area contributed by atoms with Crippen molar-refractivity contribution in [3.63, 3.8) is 0 Å². The van der Waals surface area contributed by atoms with Gasteiger partial charge in [0.1, 0.15) is 5.69 Å². The lowest BCUT2D eigenvalue weighted by Crippen LogP contribution is -2.19. The van der Waals surface area contributed by atoms with Crippen LogP contribution in [0.25, 0.3) is 10.9 Å². The first-order valence-electron chi connectivity index (χ1n) is 5.24. The Labute approximate surface area is 94.3 Å². The molecule has 4 nitrogen and oxygen atoms in total. The number of rotatable bonds is 3. The third kappa shape index (κ3) is 1.72. The second kappa shape index (κ2) is 4.06. The van der Waals surface area contributed by atoms with Crippen LogP contribution in [0.4, 0.5) is 0 Å². The summed E-state index contributed by atoms with van der Waals surface area (Å²) < 4.78 is 1.75. The zero-order valence-corrected chi connectivity index (χ0v) is 9.74. The molecule has 0 bridgehead atoms. The van der Waals surface area contributed by atoms with Gasteiger partial charge in [0.25, 0.3) is 0 Å². The van der Waals surface area contributed by atoms with Crippen molar-refractivity contribution >= 4 is 16.7 Å². The van der Waals surface area contributed by atoms with Gasteiger partial charge >= 0.3 is 0 Å². The summed E-state index contributed by atoms with van der Waals surface area (Å²) in [6.45, 7) is 2.33. The van der Waals surface area contributed by atoms with E-state index in [1.165, 1.54) is 0 Å². The average molecular weight is 217 g/mol. The van der Waals surface area contributed by atoms with Crippen molar-refractivity contribution in [3.05, 3.63) is 29.5 Å². The van der Waals surface area contributed by atoms with E-state index < -0.39 is 0 Å². The topological polar surface area (TPSA) is 46.9 Å². The molecule has 0 saturated heterocycles. The molecule has 1 N–H and O–H groups in total. The quantitative estimate of drug-likeness (QED) is 0.788. The van der Waals surface area contributed by atoms with Gasteiger partial charge in [0.2, 0.25) is 0 Å². The Hall–Kier alpha value is -1.68. The second-order valence-electron chi connectivity index (χ2n) is 3.95. The molecule has 0 saturated carbocycles. The highest BCUT2D eigenvalue weighted by atomic mass is 16.1. The van der Waals surface area contributed by atoms with Crippen molar-refractivity contribution in [2.24, 2.45) is 7.05 Å². The van der Waals surface area contributed by atoms with Gasteiger partial charge in [-0.2, -0.15) is 5.10 Å². The number of carbonyl (C=O) groups is 1. The zero-order chi connectivity index (χ0) is 11.7. The number of likely N-dealkylation sites (N-methyl/N-ethyl adjacent to an activating group) is 1. The summed E-state index contributed by atoms with van der Waals surface area (Å²) >= 11 is 0. The van der Waals surface area contributed by atoms with Crippen molar-refractivity contribution in [2.75, 3.05) is 13.6 Å². The minimum Gasteiger partial charge on any atom is -0.313 e. The molecular formula is C12H15N3O. The number of Topliss-reactive ketones (excluding diaryl/α,β-unsaturated/α-hetero) is 1. The number of nitrogens with one attached hydrogen (secondary N) is 1. The summed E-state index contributed by atoms with van der Waals surface area (Å²) in [4.78, 5) is 11.8. The Morgan fingerprint density at radius 1 is 1.50 bits per heavy atom. The van der Waals surface area contributed by atoms with E-state index in [2.05, 4.69) is 10.4 Å². The third-order valence-electron chi connectivity index (χ3n) is 2.61. The maximum atomic E-state index is 11.8. The fourth-order valence-electron chi connectivity index (χ4n) is 1.83. The van der Waals surface area contributed by atoms with E-state index in [0.29, 0.717) is 12.2 Å². The molecule has 0 aliphatic heterocycles. The van der Waals surface area contributed by atoms with Gasteiger partial charge in [0.15, 0.2) is 5.78 Å². The molecule has 4 heteroatoms. The Bertz CT molecular complexity index is 542. The fraction of sp³-hybridized carbons (Fsp3) is 0.333. The van der Waals surface area contributed by atoms with Crippen molar-refractivity contribution in [2.45, 2.75) is 6.92 Å². The van der Waals surface area contributed by atoms with Gasteiger partial charge in [0, 0.05) is 12.4 Å². The van der Waals surface area contributed by atoms with E-state index in [9.17, 15) is 4.79 Å². The first-order valence-corrected chi connectivity index (χ1v) is 5.24. The van der Waals surface area contributed by atoms with Gasteiger partial charge < -0.3 is 5.32 Å². The lowest BCUT2D eigenvalue weighted by molar-refractivity contribution is 0.0989. The normalized spacial score (nSPS) is 10.9. The van der Waals surface area contributed by atoms with Crippen molar-refractivity contribution in [1.29, 1.82) is 0 Å². The molecule has 16 heavy (non-hydrogen) atoms. The first kappa shape index (κ1) is 10.8. The summed E-state index contributed by atoms with van der Waals surface area (Å²) in [7, 11) is 3.61. The number of aryl methyl sites for hydroxylation is 2. The molecule has 0 spiro atoms. The van der Waals surface area contributed by atoms with Crippen LogP contribution in [-0.4, -0.2) is 29.2 Å². The van der Waals surface area contributed by atoms with E-state index in [0.717, 1.165) is 16.5 Å². The van der Waals surface area contributed by atoms with Crippen molar-refractivity contribution in [1.82, 2.24) is 15.1 Å². The van der Waals surface area contributed by atoms with Gasteiger partial charge in [-0.05, 0) is 26.1 Å². The summed E-state index contributed by atoms with van der Waals surface area (Å²) in [5.74, 6) is 0.0266. The lowest BCUT2D eigenvalue weighted by atomic mass is 10.1. The van der Waals surface area contributed by atoms with Crippen LogP contribution in [-0.2, 0) is 7.05 Å². The number of ketones is 1. The molecular weight excluding hydrogens is 202 g/mol. The fourth-order valence-corrected chi connectivity index (χ4v) is 1.83. The number of nitrogens with zero attached hydrogens (tertiary/aromatic N) is 2. The van der Waals surface area contributed by atoms with E-state index >= 15 is 0 Å². The number of fused-ring (bicyclic) bond motifs is 1. The Balaban J connectivity index is 2.61. The Morgan fingerprint density at radius 3 is 2.94 bits per heavy atom. The SMILES string of the molecule is CNCC(=O)c1nn(C)c2ccc(C)cc12. The van der Waals surface area contributed by atoms with E-state index in [1.54, 1.807) is 11.7 Å². The summed E-state index contributed by atoms with van der Waals surface area (Å²) in [5, 5.41) is 8.07. The standard InChI is InChI=1S/C12H15N3O/c1-8-4-5-10-9(6-8)12(14-15(10)3)11(16)7-13-2/h4-6,13H,7H2,1-3H3. The Morgan fingerprint density at radius 2 is 2.25 bits per heavy atom. The van der Waals surface area contributed by atoms with Crippen LogP contribution in [0.15, 0.2) is 18.2 Å². The Kier molecular flexibility index (Phi) is 2.75. The van der Waals surface area contributed by atoms with Crippen LogP contribution < -0.4 is 5.32 Å². The molecule has 1 heterocycles. The number of hydrogen-bond acceptors (Lipinski definition) is 3. The molecule has 0 atom stereocenters. The van der Waals surface area contributed by atoms with Gasteiger partial charge in [0.05, 0.1) is 12.1 Å². The highest BCUT2D eigenvalue weighted by Crippen LogP contribution is 2.19. The van der Waals surface area contributed by atoms with Crippen LogP contribution >= 0.6 is 0 Å². The predicted molar refractivity (Wildman–Crippen MR) is 63.7 cm³/mol. The van der Waals surface area contributed by atoms with Crippen LogP contribution in [0.5, 0.6) is 0 Å². The molecule has 0 amide bonds. The van der Waals surface area contributed by atoms with Crippen LogP contribution in [0.2, 0.25) is 0 Å². The molecule has 0 aliphatic rings. The molecule has 2 rings (SSSR count). The number of carbonyl (C=O) groups excluding carboxylic acids is 1.